The molecule has 2 amide bonds. The summed E-state index contributed by atoms with van der Waals surface area (Å²) >= 11 is 0. The summed E-state index contributed by atoms with van der Waals surface area (Å²) < 4.78 is 5.11. The van der Waals surface area contributed by atoms with Crippen molar-refractivity contribution in [1.29, 1.82) is 0 Å². The quantitative estimate of drug-likeness (QED) is 0.791. The van der Waals surface area contributed by atoms with Gasteiger partial charge in [0, 0.05) is 24.8 Å². The van der Waals surface area contributed by atoms with Gasteiger partial charge in [0.1, 0.15) is 5.75 Å². The molecule has 0 aliphatic heterocycles. The molecule has 0 aliphatic carbocycles. The van der Waals surface area contributed by atoms with Gasteiger partial charge in [-0.05, 0) is 32.9 Å². The Morgan fingerprint density at radius 1 is 1.35 bits per heavy atom. The number of nitrogens with zero attached hydrogens (tertiary/aromatic N) is 1. The van der Waals surface area contributed by atoms with Crippen LogP contribution in [0.1, 0.15) is 20.8 Å². The van der Waals surface area contributed by atoms with E-state index in [-0.39, 0.29) is 37.3 Å². The zero-order valence-electron chi connectivity index (χ0n) is 14.1. The lowest BCUT2D eigenvalue weighted by atomic mass is 9.92. The molecule has 130 valence electrons. The van der Waals surface area contributed by atoms with Crippen molar-refractivity contribution in [1.82, 2.24) is 4.90 Å². The zero-order valence-corrected chi connectivity index (χ0v) is 14.9. The smallest absolute Gasteiger partial charge is 0.243 e. The second-order valence-electron chi connectivity index (χ2n) is 5.69. The number of hydrogen-bond donors (Lipinski definition) is 2. The normalized spacial score (nSPS) is 10.5. The van der Waals surface area contributed by atoms with Gasteiger partial charge in [-0.25, -0.2) is 0 Å². The minimum atomic E-state index is -0.674. The van der Waals surface area contributed by atoms with Crippen LogP contribution in [0.2, 0.25) is 0 Å². The van der Waals surface area contributed by atoms with Gasteiger partial charge in [0.25, 0.3) is 0 Å². The lowest BCUT2D eigenvalue weighted by molar-refractivity contribution is -0.142. The molecule has 7 heteroatoms. The van der Waals surface area contributed by atoms with Crippen LogP contribution in [-0.2, 0) is 9.59 Å². The number of nitrogens with two attached hydrogens (primary N) is 1. The molecule has 1 aromatic rings. The first-order chi connectivity index (χ1) is 10.3. The maximum absolute atomic E-state index is 12.4. The molecule has 23 heavy (non-hydrogen) atoms. The number of carbonyl (C=O) groups is 2. The highest BCUT2D eigenvalue weighted by molar-refractivity contribution is 5.95. The predicted octanol–water partition coefficient (Wildman–Crippen LogP) is 1.89. The van der Waals surface area contributed by atoms with Crippen molar-refractivity contribution in [3.63, 3.8) is 0 Å². The molecule has 3 N–H and O–H groups in total. The van der Waals surface area contributed by atoms with Crippen LogP contribution in [-0.4, -0.2) is 43.5 Å². The van der Waals surface area contributed by atoms with Gasteiger partial charge in [0.2, 0.25) is 11.8 Å². The van der Waals surface area contributed by atoms with Gasteiger partial charge in [0.05, 0.1) is 19.1 Å². The first kappa shape index (κ1) is 21.2. The van der Waals surface area contributed by atoms with Gasteiger partial charge in [-0.1, -0.05) is 6.07 Å². The average Bonchev–Trinajstić information content (AvgIpc) is 2.52. The number of methoxy groups -OCH3 is 1. The van der Waals surface area contributed by atoms with Crippen LogP contribution < -0.4 is 15.8 Å². The highest BCUT2D eigenvalue weighted by Crippen LogP contribution is 2.18. The van der Waals surface area contributed by atoms with Gasteiger partial charge in [-0.2, -0.15) is 0 Å². The van der Waals surface area contributed by atoms with E-state index in [1.54, 1.807) is 45.2 Å². The van der Waals surface area contributed by atoms with E-state index in [0.717, 1.165) is 0 Å². The van der Waals surface area contributed by atoms with Crippen molar-refractivity contribution in [3.8, 4) is 5.75 Å². The summed E-state index contributed by atoms with van der Waals surface area (Å²) in [5.41, 5.74) is 5.58. The largest absolute Gasteiger partial charge is 0.497 e. The Kier molecular flexibility index (Phi) is 8.64. The van der Waals surface area contributed by atoms with Crippen molar-refractivity contribution in [2.75, 3.05) is 32.1 Å². The van der Waals surface area contributed by atoms with E-state index in [9.17, 15) is 9.59 Å². The van der Waals surface area contributed by atoms with E-state index in [1.165, 1.54) is 4.90 Å². The molecule has 6 nitrogen and oxygen atoms in total. The molecule has 0 unspecified atom stereocenters. The summed E-state index contributed by atoms with van der Waals surface area (Å²) in [6.07, 6.45) is 0. The fourth-order valence-electron chi connectivity index (χ4n) is 1.92. The van der Waals surface area contributed by atoms with Crippen LogP contribution in [0.25, 0.3) is 0 Å². The molecule has 0 spiro atoms. The Labute approximate surface area is 143 Å². The maximum Gasteiger partial charge on any atom is 0.243 e. The van der Waals surface area contributed by atoms with Crippen LogP contribution in [0.3, 0.4) is 0 Å². The van der Waals surface area contributed by atoms with E-state index >= 15 is 0 Å². The van der Waals surface area contributed by atoms with E-state index < -0.39 is 5.41 Å². The van der Waals surface area contributed by atoms with Crippen LogP contribution >= 0.6 is 12.4 Å². The number of rotatable bonds is 7. The minimum Gasteiger partial charge on any atom is -0.497 e. The van der Waals surface area contributed by atoms with E-state index in [2.05, 4.69) is 5.32 Å². The lowest BCUT2D eigenvalue weighted by Gasteiger charge is -2.29. The number of amides is 2. The number of anilines is 1. The molecule has 1 aromatic carbocycles. The topological polar surface area (TPSA) is 84.7 Å². The molecule has 1 rings (SSSR count). The molecule has 0 bridgehead atoms. The van der Waals surface area contributed by atoms with Gasteiger partial charge >= 0.3 is 0 Å². The number of benzene rings is 1. The number of hydrogen-bond acceptors (Lipinski definition) is 4. The minimum absolute atomic E-state index is 0. The Hall–Kier alpha value is -1.79. The van der Waals surface area contributed by atoms with Crippen LogP contribution in [0.5, 0.6) is 5.75 Å². The molecule has 0 radical (unpaired) electrons. The second kappa shape index (κ2) is 9.37. The summed E-state index contributed by atoms with van der Waals surface area (Å²) in [4.78, 5) is 26.0. The predicted molar refractivity (Wildman–Crippen MR) is 94.0 cm³/mol. The number of ether oxygens (including phenoxy) is 1. The van der Waals surface area contributed by atoms with Gasteiger partial charge < -0.3 is 20.7 Å². The van der Waals surface area contributed by atoms with Crippen molar-refractivity contribution in [3.05, 3.63) is 24.3 Å². The van der Waals surface area contributed by atoms with Gasteiger partial charge in [-0.3, -0.25) is 9.59 Å². The Morgan fingerprint density at radius 3 is 2.52 bits per heavy atom. The number of halogens is 1. The van der Waals surface area contributed by atoms with Crippen LogP contribution in [0.15, 0.2) is 24.3 Å². The molecule has 0 saturated heterocycles. The molecule has 0 fully saturated rings. The molecule has 0 aliphatic rings. The molecular weight excluding hydrogens is 318 g/mol. The summed E-state index contributed by atoms with van der Waals surface area (Å²) in [7, 11) is 1.56. The molecule has 0 saturated carbocycles. The number of carbonyl (C=O) groups excluding carboxylic acids is 2. The first-order valence-corrected chi connectivity index (χ1v) is 7.27. The summed E-state index contributed by atoms with van der Waals surface area (Å²) in [6.45, 7) is 6.07. The third-order valence-electron chi connectivity index (χ3n) is 3.45. The maximum atomic E-state index is 12.4. The van der Waals surface area contributed by atoms with E-state index in [4.69, 9.17) is 10.5 Å². The Bertz CT molecular complexity index is 535. The summed E-state index contributed by atoms with van der Waals surface area (Å²) in [6, 6.07) is 7.07. The fraction of sp³-hybridized carbons (Fsp3) is 0.500. The Morgan fingerprint density at radius 2 is 2.00 bits per heavy atom. The average molecular weight is 344 g/mol. The highest BCUT2D eigenvalue weighted by Gasteiger charge is 2.30. The van der Waals surface area contributed by atoms with Crippen molar-refractivity contribution >= 4 is 29.9 Å². The van der Waals surface area contributed by atoms with E-state index in [1.807, 2.05) is 6.92 Å². The second-order valence-corrected chi connectivity index (χ2v) is 5.69. The molecule has 0 atom stereocenters. The first-order valence-electron chi connectivity index (χ1n) is 7.27. The SMILES string of the molecule is CCN(CC(=O)Nc1cccc(OC)c1)C(=O)C(C)(C)CN.Cl. The van der Waals surface area contributed by atoms with Crippen LogP contribution in [0, 0.1) is 5.41 Å². The Balaban J connectivity index is 0.00000484. The van der Waals surface area contributed by atoms with E-state index in [0.29, 0.717) is 18.0 Å². The third kappa shape index (κ3) is 6.08. The van der Waals surface area contributed by atoms with Gasteiger partial charge in [0.15, 0.2) is 0 Å². The number of nitrogens with one attached hydrogen (secondary N) is 1. The van der Waals surface area contributed by atoms with Crippen molar-refractivity contribution in [2.45, 2.75) is 20.8 Å². The molecular formula is C16H26ClN3O3. The summed E-state index contributed by atoms with van der Waals surface area (Å²) in [5, 5.41) is 2.76. The van der Waals surface area contributed by atoms with Crippen LogP contribution in [0.4, 0.5) is 5.69 Å². The molecule has 0 heterocycles. The van der Waals surface area contributed by atoms with Crippen molar-refractivity contribution < 1.29 is 14.3 Å². The van der Waals surface area contributed by atoms with Gasteiger partial charge in [-0.15, -0.1) is 12.4 Å². The zero-order chi connectivity index (χ0) is 16.8. The summed E-state index contributed by atoms with van der Waals surface area (Å²) in [5.74, 6) is 0.278. The fourth-order valence-corrected chi connectivity index (χ4v) is 1.92. The third-order valence-corrected chi connectivity index (χ3v) is 3.45. The lowest BCUT2D eigenvalue weighted by Crippen LogP contribution is -2.47. The molecule has 0 aromatic heterocycles. The van der Waals surface area contributed by atoms with Crippen molar-refractivity contribution in [2.24, 2.45) is 11.1 Å². The standard InChI is InChI=1S/C16H25N3O3.ClH/c1-5-19(15(21)16(2,3)11-17)10-14(20)18-12-7-6-8-13(9-12)22-4;/h6-9H,5,10-11,17H2,1-4H3,(H,18,20);1H. The monoisotopic (exact) mass is 343 g/mol. The number of likely N-dealkylation sites (N-methyl/N-ethyl adjacent to an activating group) is 1. The highest BCUT2D eigenvalue weighted by atomic mass is 35.5.